The lowest BCUT2D eigenvalue weighted by molar-refractivity contribution is 0.0955. The Morgan fingerprint density at radius 2 is 2.10 bits per heavy atom. The third kappa shape index (κ3) is 2.99. The first-order chi connectivity index (χ1) is 9.72. The number of carbonyl (C=O) groups is 1. The molecule has 2 heterocycles. The smallest absolute Gasteiger partial charge is 0.261 e. The fourth-order valence-electron chi connectivity index (χ4n) is 2.36. The van der Waals surface area contributed by atoms with E-state index in [0.29, 0.717) is 11.7 Å². The van der Waals surface area contributed by atoms with Gasteiger partial charge in [-0.3, -0.25) is 4.79 Å². The van der Waals surface area contributed by atoms with Crippen LogP contribution in [0.25, 0.3) is 0 Å². The van der Waals surface area contributed by atoms with Crippen molar-refractivity contribution in [3.8, 4) is 0 Å². The molecular formula is C13H16N4OS2. The van der Waals surface area contributed by atoms with Crippen molar-refractivity contribution in [3.05, 3.63) is 26.4 Å². The highest BCUT2D eigenvalue weighted by Crippen LogP contribution is 2.29. The summed E-state index contributed by atoms with van der Waals surface area (Å²) in [5.41, 5.74) is 6.87. The van der Waals surface area contributed by atoms with Crippen LogP contribution >= 0.6 is 22.7 Å². The van der Waals surface area contributed by atoms with Gasteiger partial charge in [-0.05, 0) is 37.3 Å². The van der Waals surface area contributed by atoms with Gasteiger partial charge in [0, 0.05) is 4.88 Å². The molecule has 3 rings (SSSR count). The lowest BCUT2D eigenvalue weighted by atomic mass is 10.1. The van der Waals surface area contributed by atoms with Crippen LogP contribution in [0.4, 0.5) is 5.13 Å². The quantitative estimate of drug-likeness (QED) is 0.853. The largest absolute Gasteiger partial charge is 0.374 e. The molecule has 0 bridgehead atoms. The number of fused-ring (bicyclic) bond motifs is 1. The second-order valence-electron chi connectivity index (χ2n) is 4.84. The molecule has 0 aromatic carbocycles. The lowest BCUT2D eigenvalue weighted by Crippen LogP contribution is -2.21. The molecule has 5 nitrogen and oxygen atoms in total. The molecule has 7 heteroatoms. The Morgan fingerprint density at radius 3 is 2.90 bits per heavy atom. The van der Waals surface area contributed by atoms with Crippen molar-refractivity contribution in [1.82, 2.24) is 15.5 Å². The third-order valence-corrected chi connectivity index (χ3v) is 5.34. The average molecular weight is 308 g/mol. The summed E-state index contributed by atoms with van der Waals surface area (Å²) in [7, 11) is 0. The van der Waals surface area contributed by atoms with Crippen LogP contribution < -0.4 is 11.1 Å². The minimum Gasteiger partial charge on any atom is -0.374 e. The van der Waals surface area contributed by atoms with Gasteiger partial charge in [-0.1, -0.05) is 17.8 Å². The fraction of sp³-hybridized carbons (Fsp3) is 0.462. The first-order valence-corrected chi connectivity index (χ1v) is 8.33. The van der Waals surface area contributed by atoms with Gasteiger partial charge in [0.15, 0.2) is 0 Å². The monoisotopic (exact) mass is 308 g/mol. The molecule has 3 N–H and O–H groups in total. The van der Waals surface area contributed by atoms with Crippen molar-refractivity contribution in [1.29, 1.82) is 0 Å². The SMILES string of the molecule is Nc1nnc(CNC(=O)c2cc3c(s2)CCCCC3)s1. The van der Waals surface area contributed by atoms with Crippen LogP contribution in [-0.4, -0.2) is 16.1 Å². The Hall–Kier alpha value is -1.47. The van der Waals surface area contributed by atoms with Gasteiger partial charge in [-0.2, -0.15) is 0 Å². The second kappa shape index (κ2) is 5.88. The molecule has 0 aliphatic heterocycles. The number of thiophene rings is 1. The lowest BCUT2D eigenvalue weighted by Gasteiger charge is -1.99. The average Bonchev–Trinajstić information content (AvgIpc) is 2.97. The first-order valence-electron chi connectivity index (χ1n) is 6.70. The minimum atomic E-state index is -0.0307. The second-order valence-corrected chi connectivity index (χ2v) is 7.07. The maximum absolute atomic E-state index is 12.2. The molecule has 20 heavy (non-hydrogen) atoms. The van der Waals surface area contributed by atoms with Gasteiger partial charge in [0.25, 0.3) is 5.91 Å². The summed E-state index contributed by atoms with van der Waals surface area (Å²) in [6, 6.07) is 2.05. The normalized spacial score (nSPS) is 14.6. The number of aryl methyl sites for hydroxylation is 2. The van der Waals surface area contributed by atoms with Crippen LogP contribution in [0.15, 0.2) is 6.07 Å². The van der Waals surface area contributed by atoms with E-state index in [1.54, 1.807) is 11.3 Å². The van der Waals surface area contributed by atoms with E-state index in [-0.39, 0.29) is 5.91 Å². The van der Waals surface area contributed by atoms with Crippen LogP contribution in [0, 0.1) is 0 Å². The molecule has 0 fully saturated rings. The van der Waals surface area contributed by atoms with E-state index in [1.807, 2.05) is 0 Å². The van der Waals surface area contributed by atoms with Gasteiger partial charge < -0.3 is 11.1 Å². The van der Waals surface area contributed by atoms with Gasteiger partial charge in [0.05, 0.1) is 11.4 Å². The van der Waals surface area contributed by atoms with Crippen molar-refractivity contribution >= 4 is 33.7 Å². The van der Waals surface area contributed by atoms with Gasteiger partial charge in [-0.15, -0.1) is 21.5 Å². The van der Waals surface area contributed by atoms with Gasteiger partial charge in [0.1, 0.15) is 5.01 Å². The summed E-state index contributed by atoms with van der Waals surface area (Å²) in [4.78, 5) is 14.3. The maximum Gasteiger partial charge on any atom is 0.261 e. The first kappa shape index (κ1) is 13.5. The zero-order valence-corrected chi connectivity index (χ0v) is 12.6. The number of anilines is 1. The molecule has 0 saturated heterocycles. The molecule has 2 aromatic rings. The summed E-state index contributed by atoms with van der Waals surface area (Å²) in [6.45, 7) is 0.385. The molecule has 0 unspecified atom stereocenters. The van der Waals surface area contributed by atoms with Crippen LogP contribution in [-0.2, 0) is 19.4 Å². The third-order valence-electron chi connectivity index (χ3n) is 3.35. The molecule has 0 spiro atoms. The summed E-state index contributed by atoms with van der Waals surface area (Å²) in [6.07, 6.45) is 5.97. The van der Waals surface area contributed by atoms with E-state index in [2.05, 4.69) is 21.6 Å². The predicted octanol–water partition coefficient (Wildman–Crippen LogP) is 2.38. The Kier molecular flexibility index (Phi) is 3.98. The fourth-order valence-corrected chi connectivity index (χ4v) is 4.08. The molecule has 2 aromatic heterocycles. The van der Waals surface area contributed by atoms with Crippen LogP contribution in [0.1, 0.15) is 44.4 Å². The number of carbonyl (C=O) groups excluding carboxylic acids is 1. The number of nitrogens with zero attached hydrogens (tertiary/aromatic N) is 2. The molecule has 0 radical (unpaired) electrons. The van der Waals surface area contributed by atoms with E-state index in [0.717, 1.165) is 22.7 Å². The predicted molar refractivity (Wildman–Crippen MR) is 81.1 cm³/mol. The zero-order valence-electron chi connectivity index (χ0n) is 11.0. The van der Waals surface area contributed by atoms with Gasteiger partial charge in [-0.25, -0.2) is 0 Å². The Morgan fingerprint density at radius 1 is 1.25 bits per heavy atom. The number of nitrogens with one attached hydrogen (secondary N) is 1. The number of hydrogen-bond donors (Lipinski definition) is 2. The molecule has 0 atom stereocenters. The van der Waals surface area contributed by atoms with Gasteiger partial charge >= 0.3 is 0 Å². The minimum absolute atomic E-state index is 0.0307. The van der Waals surface area contributed by atoms with Crippen LogP contribution in [0.5, 0.6) is 0 Å². The highest BCUT2D eigenvalue weighted by atomic mass is 32.1. The molecule has 106 valence electrons. The van der Waals surface area contributed by atoms with E-state index in [1.165, 1.54) is 41.0 Å². The number of amides is 1. The Balaban J connectivity index is 1.65. The molecule has 1 aliphatic carbocycles. The van der Waals surface area contributed by atoms with Crippen molar-refractivity contribution in [3.63, 3.8) is 0 Å². The van der Waals surface area contributed by atoms with Crippen molar-refractivity contribution in [2.45, 2.75) is 38.6 Å². The van der Waals surface area contributed by atoms with E-state index in [9.17, 15) is 4.79 Å². The topological polar surface area (TPSA) is 80.9 Å². The van der Waals surface area contributed by atoms with E-state index < -0.39 is 0 Å². The number of nitrogen functional groups attached to an aromatic ring is 1. The summed E-state index contributed by atoms with van der Waals surface area (Å²) < 4.78 is 0. The molecule has 0 saturated carbocycles. The van der Waals surface area contributed by atoms with Crippen molar-refractivity contribution in [2.75, 3.05) is 5.73 Å². The van der Waals surface area contributed by atoms with E-state index >= 15 is 0 Å². The van der Waals surface area contributed by atoms with Crippen LogP contribution in [0.3, 0.4) is 0 Å². The standard InChI is InChI=1S/C13H16N4OS2/c14-13-17-16-11(20-13)7-15-12(18)10-6-8-4-2-1-3-5-9(8)19-10/h6H,1-5,7H2,(H2,14,17)(H,15,18). The maximum atomic E-state index is 12.2. The summed E-state index contributed by atoms with van der Waals surface area (Å²) in [5, 5.41) is 11.7. The summed E-state index contributed by atoms with van der Waals surface area (Å²) in [5.74, 6) is -0.0307. The van der Waals surface area contributed by atoms with E-state index in [4.69, 9.17) is 5.73 Å². The Bertz CT molecular complexity index is 596. The molecule has 1 amide bonds. The molecule has 1 aliphatic rings. The number of nitrogens with two attached hydrogens (primary N) is 1. The number of hydrogen-bond acceptors (Lipinski definition) is 6. The van der Waals surface area contributed by atoms with Crippen molar-refractivity contribution < 1.29 is 4.79 Å². The van der Waals surface area contributed by atoms with Crippen LogP contribution in [0.2, 0.25) is 0 Å². The number of rotatable bonds is 3. The van der Waals surface area contributed by atoms with Crippen molar-refractivity contribution in [2.24, 2.45) is 0 Å². The zero-order chi connectivity index (χ0) is 13.9. The number of aromatic nitrogens is 2. The highest BCUT2D eigenvalue weighted by molar-refractivity contribution is 7.15. The Labute approximate surface area is 125 Å². The van der Waals surface area contributed by atoms with Gasteiger partial charge in [0.2, 0.25) is 5.13 Å². The molecular weight excluding hydrogens is 292 g/mol. The summed E-state index contributed by atoms with van der Waals surface area (Å²) >= 11 is 2.93. The highest BCUT2D eigenvalue weighted by Gasteiger charge is 2.16.